The molecule has 2 heteroatoms. The second-order valence-electron chi connectivity index (χ2n) is 4.39. The Bertz CT molecular complexity index is 214. The van der Waals surface area contributed by atoms with Crippen LogP contribution in [-0.4, -0.2) is 37.2 Å². The van der Waals surface area contributed by atoms with Gasteiger partial charge in [0.25, 0.3) is 0 Å². The van der Waals surface area contributed by atoms with Gasteiger partial charge >= 0.3 is 0 Å². The zero-order chi connectivity index (χ0) is 9.31. The van der Waals surface area contributed by atoms with E-state index in [1.165, 1.54) is 12.8 Å². The molecule has 2 nitrogen and oxygen atoms in total. The largest absolute Gasteiger partial charge is 0.381 e. The summed E-state index contributed by atoms with van der Waals surface area (Å²) in [5.41, 5.74) is 0.396. The zero-order valence-corrected chi connectivity index (χ0v) is 8.62. The summed E-state index contributed by atoms with van der Waals surface area (Å²) >= 11 is 0. The third kappa shape index (κ3) is 1.42. The van der Waals surface area contributed by atoms with Gasteiger partial charge in [-0.1, -0.05) is 19.1 Å². The molecule has 0 aromatic carbocycles. The lowest BCUT2D eigenvalue weighted by Gasteiger charge is -2.50. The summed E-state index contributed by atoms with van der Waals surface area (Å²) in [6.07, 6.45) is 7.00. The average molecular weight is 181 g/mol. The van der Waals surface area contributed by atoms with E-state index in [-0.39, 0.29) is 0 Å². The third-order valence-electron chi connectivity index (χ3n) is 3.74. The maximum atomic E-state index is 5.51. The van der Waals surface area contributed by atoms with E-state index < -0.39 is 0 Å². The van der Waals surface area contributed by atoms with Gasteiger partial charge in [0.05, 0.1) is 6.61 Å². The normalized spacial score (nSPS) is 41.2. The second kappa shape index (κ2) is 3.43. The molecule has 0 amide bonds. The lowest BCUT2D eigenvalue weighted by atomic mass is 9.76. The quantitative estimate of drug-likeness (QED) is 0.527. The minimum atomic E-state index is 0.396. The van der Waals surface area contributed by atoms with Crippen LogP contribution >= 0.6 is 0 Å². The first kappa shape index (κ1) is 9.22. The fourth-order valence-electron chi connectivity index (χ4n) is 2.64. The van der Waals surface area contributed by atoms with Gasteiger partial charge < -0.3 is 4.74 Å². The molecular weight excluding hydrogens is 162 g/mol. The van der Waals surface area contributed by atoms with Crippen molar-refractivity contribution >= 4 is 0 Å². The molecule has 0 N–H and O–H groups in total. The van der Waals surface area contributed by atoms with Crippen LogP contribution in [0.1, 0.15) is 19.8 Å². The highest BCUT2D eigenvalue weighted by Gasteiger charge is 2.41. The van der Waals surface area contributed by atoms with Gasteiger partial charge in [0.15, 0.2) is 0 Å². The van der Waals surface area contributed by atoms with Gasteiger partial charge in [-0.3, -0.25) is 4.90 Å². The highest BCUT2D eigenvalue weighted by molar-refractivity contribution is 5.07. The van der Waals surface area contributed by atoms with Crippen molar-refractivity contribution in [1.29, 1.82) is 0 Å². The molecule has 2 aliphatic rings. The minimum Gasteiger partial charge on any atom is -0.381 e. The first-order valence-corrected chi connectivity index (χ1v) is 5.20. The molecule has 0 saturated carbocycles. The molecule has 2 unspecified atom stereocenters. The molecule has 0 aromatic rings. The summed E-state index contributed by atoms with van der Waals surface area (Å²) in [7, 11) is 2.24. The molecule has 0 aromatic heterocycles. The fraction of sp³-hybridized carbons (Fsp3) is 0.818. The Kier molecular flexibility index (Phi) is 2.43. The summed E-state index contributed by atoms with van der Waals surface area (Å²) in [6.45, 7) is 5.28. The van der Waals surface area contributed by atoms with Gasteiger partial charge in [0.2, 0.25) is 0 Å². The molecular formula is C11H19NO. The van der Waals surface area contributed by atoms with Crippen molar-refractivity contribution in [3.63, 3.8) is 0 Å². The number of likely N-dealkylation sites (N-methyl/N-ethyl adjacent to an activating group) is 1. The molecule has 74 valence electrons. The van der Waals surface area contributed by atoms with Crippen molar-refractivity contribution in [2.24, 2.45) is 5.92 Å². The average Bonchev–Trinajstić information content (AvgIpc) is 2.15. The summed E-state index contributed by atoms with van der Waals surface area (Å²) in [6, 6.07) is 0. The Balaban J connectivity index is 2.19. The standard InChI is InChI=1S/C11H19NO/c1-10-9-13-8-6-11(10)5-3-4-7-12(11)2/h3-4,10H,5-9H2,1-2H3. The van der Waals surface area contributed by atoms with Gasteiger partial charge in [0.1, 0.15) is 0 Å². The third-order valence-corrected chi connectivity index (χ3v) is 3.74. The molecule has 1 spiro atoms. The van der Waals surface area contributed by atoms with E-state index in [0.717, 1.165) is 19.8 Å². The van der Waals surface area contributed by atoms with Crippen LogP contribution in [0.15, 0.2) is 12.2 Å². The van der Waals surface area contributed by atoms with Gasteiger partial charge in [0, 0.05) is 18.7 Å². The van der Waals surface area contributed by atoms with Crippen LogP contribution in [0, 0.1) is 5.92 Å². The number of nitrogens with zero attached hydrogens (tertiary/aromatic N) is 1. The Morgan fingerprint density at radius 2 is 2.31 bits per heavy atom. The van der Waals surface area contributed by atoms with E-state index in [9.17, 15) is 0 Å². The number of hydrogen-bond acceptors (Lipinski definition) is 2. The highest BCUT2D eigenvalue weighted by atomic mass is 16.5. The van der Waals surface area contributed by atoms with Crippen molar-refractivity contribution in [2.75, 3.05) is 26.8 Å². The first-order chi connectivity index (χ1) is 6.26. The van der Waals surface area contributed by atoms with Crippen LogP contribution in [0.2, 0.25) is 0 Å². The summed E-state index contributed by atoms with van der Waals surface area (Å²) in [5, 5.41) is 0. The van der Waals surface area contributed by atoms with Gasteiger partial charge in [-0.2, -0.15) is 0 Å². The zero-order valence-electron chi connectivity index (χ0n) is 8.62. The Morgan fingerprint density at radius 1 is 1.46 bits per heavy atom. The van der Waals surface area contributed by atoms with Crippen molar-refractivity contribution in [2.45, 2.75) is 25.3 Å². The lowest BCUT2D eigenvalue weighted by molar-refractivity contribution is -0.0589. The van der Waals surface area contributed by atoms with Crippen LogP contribution in [0.25, 0.3) is 0 Å². The Hall–Kier alpha value is -0.340. The van der Waals surface area contributed by atoms with Crippen LogP contribution in [-0.2, 0) is 4.74 Å². The summed E-state index contributed by atoms with van der Waals surface area (Å²) < 4.78 is 5.51. The Labute approximate surface area is 80.6 Å². The van der Waals surface area contributed by atoms with E-state index >= 15 is 0 Å². The van der Waals surface area contributed by atoms with Crippen LogP contribution in [0.4, 0.5) is 0 Å². The molecule has 2 aliphatic heterocycles. The second-order valence-corrected chi connectivity index (χ2v) is 4.39. The molecule has 2 atom stereocenters. The van der Waals surface area contributed by atoms with Crippen molar-refractivity contribution in [1.82, 2.24) is 4.90 Å². The van der Waals surface area contributed by atoms with E-state index in [1.54, 1.807) is 0 Å². The summed E-state index contributed by atoms with van der Waals surface area (Å²) in [4.78, 5) is 2.50. The highest BCUT2D eigenvalue weighted by Crippen LogP contribution is 2.36. The Morgan fingerprint density at radius 3 is 3.00 bits per heavy atom. The summed E-state index contributed by atoms with van der Waals surface area (Å²) in [5.74, 6) is 0.663. The molecule has 13 heavy (non-hydrogen) atoms. The predicted octanol–water partition coefficient (Wildman–Crippen LogP) is 1.67. The van der Waals surface area contributed by atoms with Crippen LogP contribution in [0.3, 0.4) is 0 Å². The monoisotopic (exact) mass is 181 g/mol. The van der Waals surface area contributed by atoms with Crippen LogP contribution in [0.5, 0.6) is 0 Å². The van der Waals surface area contributed by atoms with Gasteiger partial charge in [-0.05, 0) is 25.8 Å². The lowest BCUT2D eigenvalue weighted by Crippen LogP contribution is -2.56. The maximum Gasteiger partial charge on any atom is 0.0509 e. The van der Waals surface area contributed by atoms with Crippen molar-refractivity contribution in [3.8, 4) is 0 Å². The number of ether oxygens (including phenoxy) is 1. The van der Waals surface area contributed by atoms with E-state index in [1.807, 2.05) is 0 Å². The van der Waals surface area contributed by atoms with Crippen molar-refractivity contribution < 1.29 is 4.74 Å². The maximum absolute atomic E-state index is 5.51. The van der Waals surface area contributed by atoms with E-state index in [4.69, 9.17) is 4.74 Å². The minimum absolute atomic E-state index is 0.396. The van der Waals surface area contributed by atoms with Gasteiger partial charge in [-0.15, -0.1) is 0 Å². The molecule has 0 bridgehead atoms. The number of rotatable bonds is 0. The van der Waals surface area contributed by atoms with E-state index in [2.05, 4.69) is 31.0 Å². The smallest absolute Gasteiger partial charge is 0.0509 e. The van der Waals surface area contributed by atoms with Crippen molar-refractivity contribution in [3.05, 3.63) is 12.2 Å². The molecule has 1 saturated heterocycles. The predicted molar refractivity (Wildman–Crippen MR) is 53.7 cm³/mol. The topological polar surface area (TPSA) is 12.5 Å². The fourth-order valence-corrected chi connectivity index (χ4v) is 2.64. The molecule has 2 heterocycles. The molecule has 0 radical (unpaired) electrons. The van der Waals surface area contributed by atoms with Crippen LogP contribution < -0.4 is 0 Å². The molecule has 0 aliphatic carbocycles. The van der Waals surface area contributed by atoms with Gasteiger partial charge in [-0.25, -0.2) is 0 Å². The molecule has 1 fully saturated rings. The van der Waals surface area contributed by atoms with E-state index in [0.29, 0.717) is 11.5 Å². The first-order valence-electron chi connectivity index (χ1n) is 5.20. The SMILES string of the molecule is CC1COCCC12CC=CCN2C. The number of hydrogen-bond donors (Lipinski definition) is 0. The molecule has 2 rings (SSSR count).